The second-order valence-electron chi connectivity index (χ2n) is 11.4. The van der Waals surface area contributed by atoms with E-state index in [1.165, 1.54) is 0 Å². The molecule has 0 spiro atoms. The molecule has 4 saturated carbocycles. The lowest BCUT2D eigenvalue weighted by atomic mass is 9.34. The lowest BCUT2D eigenvalue weighted by molar-refractivity contribution is -0.337. The van der Waals surface area contributed by atoms with E-state index in [2.05, 4.69) is 21.2 Å². The van der Waals surface area contributed by atoms with Crippen LogP contribution in [0, 0.1) is 19.3 Å². The number of alkyl halides is 3. The zero-order valence-electron chi connectivity index (χ0n) is 20.5. The van der Waals surface area contributed by atoms with E-state index in [0.717, 1.165) is 29.8 Å². The Labute approximate surface area is 206 Å². The summed E-state index contributed by atoms with van der Waals surface area (Å²) >= 11 is 0. The first-order chi connectivity index (χ1) is 17.1. The molecule has 11 heteroatoms. The molecular formula is C25H28F3N7O. The third-order valence-corrected chi connectivity index (χ3v) is 8.52. The molecule has 5 fully saturated rings. The highest BCUT2D eigenvalue weighted by Crippen LogP contribution is 2.78. The molecule has 2 atom stereocenters. The van der Waals surface area contributed by atoms with Gasteiger partial charge in [0, 0.05) is 23.7 Å². The molecule has 3 aromatic rings. The van der Waals surface area contributed by atoms with Gasteiger partial charge in [0.15, 0.2) is 5.65 Å². The quantitative estimate of drug-likeness (QED) is 0.522. The van der Waals surface area contributed by atoms with Crippen LogP contribution in [-0.2, 0) is 10.2 Å². The van der Waals surface area contributed by atoms with Crippen LogP contribution in [-0.4, -0.2) is 55.1 Å². The molecule has 8 nitrogen and oxygen atoms in total. The van der Waals surface area contributed by atoms with E-state index in [9.17, 15) is 13.2 Å². The Morgan fingerprint density at radius 1 is 1.00 bits per heavy atom. The van der Waals surface area contributed by atoms with Crippen molar-refractivity contribution in [1.82, 2.24) is 29.7 Å². The first kappa shape index (κ1) is 22.4. The molecule has 2 bridgehead atoms. The fourth-order valence-corrected chi connectivity index (χ4v) is 6.31. The number of hydrogen-bond acceptors (Lipinski definition) is 7. The third-order valence-electron chi connectivity index (χ3n) is 8.52. The second-order valence-corrected chi connectivity index (χ2v) is 11.4. The summed E-state index contributed by atoms with van der Waals surface area (Å²) in [5.41, 5.74) is 1.91. The maximum atomic E-state index is 13.6. The Hall–Kier alpha value is -2.82. The van der Waals surface area contributed by atoms with E-state index in [1.54, 1.807) is 0 Å². The molecule has 3 aromatic heterocycles. The molecular weight excluding hydrogens is 471 g/mol. The zero-order chi connectivity index (χ0) is 25.0. The molecule has 4 aliphatic carbocycles. The Kier molecular flexibility index (Phi) is 4.44. The van der Waals surface area contributed by atoms with E-state index < -0.39 is 17.0 Å². The van der Waals surface area contributed by atoms with Crippen LogP contribution in [0.15, 0.2) is 12.4 Å². The van der Waals surface area contributed by atoms with E-state index in [4.69, 9.17) is 19.7 Å². The summed E-state index contributed by atoms with van der Waals surface area (Å²) in [4.78, 5) is 21.1. The fraction of sp³-hybridized carbons (Fsp3) is 0.640. The largest absolute Gasteiger partial charge is 0.394 e. The average Bonchev–Trinajstić information content (AvgIpc) is 3.48. The van der Waals surface area contributed by atoms with Crippen molar-refractivity contribution in [2.45, 2.75) is 82.7 Å². The summed E-state index contributed by atoms with van der Waals surface area (Å²) in [6.07, 6.45) is 1.95. The molecule has 0 unspecified atom stereocenters. The predicted molar refractivity (Wildman–Crippen MR) is 125 cm³/mol. The molecule has 1 saturated heterocycles. The number of anilines is 1. The molecule has 4 heterocycles. The van der Waals surface area contributed by atoms with Crippen LogP contribution in [0.3, 0.4) is 0 Å². The molecule has 0 amide bonds. The van der Waals surface area contributed by atoms with Gasteiger partial charge >= 0.3 is 6.18 Å². The Bertz CT molecular complexity index is 1360. The minimum Gasteiger partial charge on any atom is -0.367 e. The topological polar surface area (TPSA) is 81.9 Å². The van der Waals surface area contributed by atoms with Crippen LogP contribution < -0.4 is 4.90 Å². The van der Waals surface area contributed by atoms with Crippen molar-refractivity contribution < 1.29 is 17.9 Å². The standard InChI is InChI=1S/C25H28F3N7O/c1-13-7-34(9-18(36-13)16-6-29-35(8-16)17-4-5-17)22-32-20(19-21(33-22)31-15(3)14(2)30-19)23-10-24(11-23,12-23)25(26,27)28/h6,8,13,17-18H,4-5,7,9-12H2,1-3H3/t13-,18+,23?,24?/m0/s1. The number of morpholine rings is 1. The number of rotatable bonds is 4. The molecule has 36 heavy (non-hydrogen) atoms. The SMILES string of the molecule is Cc1nc2nc(N3C[C@H](C)O[C@@H](c4cnn(C5CC5)c4)C3)nc(C34CC(C(F)(F)F)(C3)C4)c2nc1C. The first-order valence-electron chi connectivity index (χ1n) is 12.6. The van der Waals surface area contributed by atoms with Gasteiger partial charge in [0.05, 0.1) is 47.4 Å². The van der Waals surface area contributed by atoms with Crippen molar-refractivity contribution in [3.8, 4) is 0 Å². The molecule has 0 N–H and O–H groups in total. The molecule has 0 radical (unpaired) electrons. The normalized spacial score (nSPS) is 31.9. The first-order valence-corrected chi connectivity index (χ1v) is 12.6. The van der Waals surface area contributed by atoms with Crippen molar-refractivity contribution in [3.05, 3.63) is 35.0 Å². The molecule has 8 rings (SSSR count). The van der Waals surface area contributed by atoms with E-state index in [1.807, 2.05) is 31.6 Å². The number of halogens is 3. The second kappa shape index (κ2) is 7.14. The molecule has 5 aliphatic rings. The van der Waals surface area contributed by atoms with Crippen molar-refractivity contribution >= 4 is 17.1 Å². The highest BCUT2D eigenvalue weighted by atomic mass is 19.4. The van der Waals surface area contributed by atoms with E-state index >= 15 is 0 Å². The smallest absolute Gasteiger partial charge is 0.367 e. The summed E-state index contributed by atoms with van der Waals surface area (Å²) in [5, 5.41) is 4.51. The van der Waals surface area contributed by atoms with E-state index in [0.29, 0.717) is 41.9 Å². The lowest BCUT2D eigenvalue weighted by Crippen LogP contribution is -2.70. The number of ether oxygens (including phenoxy) is 1. The van der Waals surface area contributed by atoms with Gasteiger partial charge in [-0.05, 0) is 52.9 Å². The number of aromatic nitrogens is 6. The van der Waals surface area contributed by atoms with Crippen LogP contribution in [0.1, 0.15) is 73.8 Å². The van der Waals surface area contributed by atoms with Gasteiger partial charge in [-0.2, -0.15) is 23.3 Å². The Balaban J connectivity index is 1.26. The fourth-order valence-electron chi connectivity index (χ4n) is 6.31. The monoisotopic (exact) mass is 499 g/mol. The number of aryl methyl sites for hydroxylation is 2. The van der Waals surface area contributed by atoms with Crippen LogP contribution in [0.2, 0.25) is 0 Å². The Morgan fingerprint density at radius 3 is 2.42 bits per heavy atom. The van der Waals surface area contributed by atoms with Gasteiger partial charge in [-0.15, -0.1) is 0 Å². The van der Waals surface area contributed by atoms with Crippen LogP contribution in [0.25, 0.3) is 11.2 Å². The lowest BCUT2D eigenvalue weighted by Gasteiger charge is -2.70. The minimum atomic E-state index is -4.18. The summed E-state index contributed by atoms with van der Waals surface area (Å²) in [6, 6.07) is 0.487. The number of fused-ring (bicyclic) bond motifs is 1. The number of nitrogens with zero attached hydrogens (tertiary/aromatic N) is 7. The Morgan fingerprint density at radius 2 is 1.72 bits per heavy atom. The molecule has 190 valence electrons. The minimum absolute atomic E-state index is 0.0617. The molecule has 0 aromatic carbocycles. The summed E-state index contributed by atoms with van der Waals surface area (Å²) in [5.74, 6) is 0.482. The van der Waals surface area contributed by atoms with Crippen molar-refractivity contribution in [2.24, 2.45) is 5.41 Å². The average molecular weight is 500 g/mol. The highest BCUT2D eigenvalue weighted by Gasteiger charge is 2.79. The van der Waals surface area contributed by atoms with E-state index in [-0.39, 0.29) is 31.5 Å². The van der Waals surface area contributed by atoms with Gasteiger partial charge in [-0.1, -0.05) is 0 Å². The van der Waals surface area contributed by atoms with Crippen LogP contribution >= 0.6 is 0 Å². The predicted octanol–water partition coefficient (Wildman–Crippen LogP) is 4.52. The van der Waals surface area contributed by atoms with Crippen LogP contribution in [0.4, 0.5) is 19.1 Å². The summed E-state index contributed by atoms with van der Waals surface area (Å²) in [6.45, 7) is 6.84. The maximum absolute atomic E-state index is 13.6. The van der Waals surface area contributed by atoms with Gasteiger partial charge in [0.25, 0.3) is 0 Å². The van der Waals surface area contributed by atoms with Crippen molar-refractivity contribution in [2.75, 3.05) is 18.0 Å². The third kappa shape index (κ3) is 3.20. The van der Waals surface area contributed by atoms with Gasteiger partial charge < -0.3 is 9.64 Å². The van der Waals surface area contributed by atoms with Crippen LogP contribution in [0.5, 0.6) is 0 Å². The van der Waals surface area contributed by atoms with Gasteiger partial charge in [-0.25, -0.2) is 15.0 Å². The zero-order valence-corrected chi connectivity index (χ0v) is 20.5. The summed E-state index contributed by atoms with van der Waals surface area (Å²) < 4.78 is 49.1. The highest BCUT2D eigenvalue weighted by molar-refractivity contribution is 5.77. The maximum Gasteiger partial charge on any atom is 0.394 e. The summed E-state index contributed by atoms with van der Waals surface area (Å²) in [7, 11) is 0. The van der Waals surface area contributed by atoms with Gasteiger partial charge in [0.2, 0.25) is 5.95 Å². The van der Waals surface area contributed by atoms with Gasteiger partial charge in [-0.3, -0.25) is 4.68 Å². The van der Waals surface area contributed by atoms with Gasteiger partial charge in [0.1, 0.15) is 11.6 Å². The van der Waals surface area contributed by atoms with Crippen molar-refractivity contribution in [3.63, 3.8) is 0 Å². The molecule has 1 aliphatic heterocycles. The number of hydrogen-bond donors (Lipinski definition) is 0. The van der Waals surface area contributed by atoms with Crippen molar-refractivity contribution in [1.29, 1.82) is 0 Å².